The van der Waals surface area contributed by atoms with Crippen LogP contribution in [0.2, 0.25) is 0 Å². The van der Waals surface area contributed by atoms with Crippen molar-refractivity contribution in [2.75, 3.05) is 12.0 Å². The van der Waals surface area contributed by atoms with Crippen molar-refractivity contribution in [3.05, 3.63) is 52.2 Å². The van der Waals surface area contributed by atoms with E-state index in [1.807, 2.05) is 17.5 Å². The van der Waals surface area contributed by atoms with Crippen molar-refractivity contribution in [2.24, 2.45) is 5.84 Å². The number of nitrogens with one attached hydrogen (secondary N) is 2. The monoisotopic (exact) mass is 261 g/mol. The van der Waals surface area contributed by atoms with Crippen LogP contribution in [0.4, 0.5) is 5.69 Å². The molecule has 1 aromatic heterocycles. The normalized spacial score (nSPS) is 10.1. The molecule has 0 aliphatic rings. The molecule has 94 valence electrons. The summed E-state index contributed by atoms with van der Waals surface area (Å²) < 4.78 is 0. The number of thiophene rings is 1. The van der Waals surface area contributed by atoms with E-state index in [9.17, 15) is 4.79 Å². The molecule has 4 nitrogen and oxygen atoms in total. The van der Waals surface area contributed by atoms with E-state index in [4.69, 9.17) is 5.84 Å². The van der Waals surface area contributed by atoms with Crippen LogP contribution >= 0.6 is 11.3 Å². The van der Waals surface area contributed by atoms with E-state index in [-0.39, 0.29) is 5.91 Å². The number of benzene rings is 1. The van der Waals surface area contributed by atoms with Gasteiger partial charge in [-0.1, -0.05) is 12.1 Å². The summed E-state index contributed by atoms with van der Waals surface area (Å²) in [6, 6.07) is 9.22. The van der Waals surface area contributed by atoms with E-state index in [2.05, 4.69) is 22.2 Å². The topological polar surface area (TPSA) is 67.1 Å². The van der Waals surface area contributed by atoms with Gasteiger partial charge in [-0.25, -0.2) is 0 Å². The van der Waals surface area contributed by atoms with E-state index in [0.29, 0.717) is 17.8 Å². The summed E-state index contributed by atoms with van der Waals surface area (Å²) in [5.41, 5.74) is 4.95. The summed E-state index contributed by atoms with van der Waals surface area (Å²) in [5.74, 6) is 5.25. The van der Waals surface area contributed by atoms with Crippen LogP contribution in [-0.2, 0) is 6.42 Å². The molecule has 0 spiro atoms. The summed E-state index contributed by atoms with van der Waals surface area (Å²) in [5, 5.41) is 7.00. The number of nitrogen functional groups attached to an aromatic ring is 1. The van der Waals surface area contributed by atoms with Crippen LogP contribution in [0.5, 0.6) is 0 Å². The molecule has 5 heteroatoms. The molecule has 0 aliphatic heterocycles. The summed E-state index contributed by atoms with van der Waals surface area (Å²) in [6.07, 6.45) is 0.841. The number of carbonyl (C=O) groups excluding carboxylic acids is 1. The smallest absolute Gasteiger partial charge is 0.253 e. The Bertz CT molecular complexity index is 511. The molecule has 0 saturated carbocycles. The largest absolute Gasteiger partial charge is 0.352 e. The van der Waals surface area contributed by atoms with Gasteiger partial charge < -0.3 is 10.7 Å². The van der Waals surface area contributed by atoms with Crippen LogP contribution in [0.3, 0.4) is 0 Å². The van der Waals surface area contributed by atoms with Gasteiger partial charge in [0, 0.05) is 6.54 Å². The minimum Gasteiger partial charge on any atom is -0.352 e. The fourth-order valence-electron chi connectivity index (χ4n) is 1.66. The zero-order valence-corrected chi connectivity index (χ0v) is 10.7. The lowest BCUT2D eigenvalue weighted by Gasteiger charge is -2.08. The van der Waals surface area contributed by atoms with Gasteiger partial charge in [0.25, 0.3) is 5.91 Å². The van der Waals surface area contributed by atoms with Gasteiger partial charge in [-0.2, -0.15) is 11.3 Å². The zero-order valence-electron chi connectivity index (χ0n) is 9.85. The number of anilines is 1. The van der Waals surface area contributed by atoms with Crippen molar-refractivity contribution in [1.82, 2.24) is 5.32 Å². The first-order chi connectivity index (χ1) is 8.81. The molecule has 2 aromatic rings. The Balaban J connectivity index is 1.91. The molecule has 2 rings (SSSR count). The van der Waals surface area contributed by atoms with Crippen molar-refractivity contribution in [1.29, 1.82) is 0 Å². The van der Waals surface area contributed by atoms with Crippen molar-refractivity contribution in [3.63, 3.8) is 0 Å². The number of hydrazine groups is 1. The number of amides is 1. The summed E-state index contributed by atoms with van der Waals surface area (Å²) in [7, 11) is 0. The van der Waals surface area contributed by atoms with Gasteiger partial charge in [0.2, 0.25) is 0 Å². The van der Waals surface area contributed by atoms with E-state index in [1.165, 1.54) is 5.56 Å². The molecule has 4 N–H and O–H groups in total. The van der Waals surface area contributed by atoms with Gasteiger partial charge in [-0.05, 0) is 40.9 Å². The number of para-hydroxylation sites is 1. The van der Waals surface area contributed by atoms with Crippen LogP contribution in [0.15, 0.2) is 41.1 Å². The van der Waals surface area contributed by atoms with Crippen LogP contribution < -0.4 is 16.6 Å². The molecule has 0 radical (unpaired) electrons. The standard InChI is InChI=1S/C13H15N3OS/c14-16-12-4-2-1-3-11(12)13(17)15-7-5-10-6-8-18-9-10/h1-4,6,8-9,16H,5,7,14H2,(H,15,17). The number of nitrogens with two attached hydrogens (primary N) is 1. The highest BCUT2D eigenvalue weighted by Gasteiger charge is 2.09. The fourth-order valence-corrected chi connectivity index (χ4v) is 2.36. The van der Waals surface area contributed by atoms with Crippen LogP contribution in [0, 0.1) is 0 Å². The van der Waals surface area contributed by atoms with Crippen molar-refractivity contribution < 1.29 is 4.79 Å². The fraction of sp³-hybridized carbons (Fsp3) is 0.154. The highest BCUT2D eigenvalue weighted by atomic mass is 32.1. The van der Waals surface area contributed by atoms with Crippen molar-refractivity contribution >= 4 is 22.9 Å². The molecule has 0 unspecified atom stereocenters. The molecular weight excluding hydrogens is 246 g/mol. The molecule has 0 atom stereocenters. The predicted molar refractivity (Wildman–Crippen MR) is 74.6 cm³/mol. The lowest BCUT2D eigenvalue weighted by molar-refractivity contribution is 0.0955. The van der Waals surface area contributed by atoms with E-state index in [1.54, 1.807) is 23.5 Å². The average Bonchev–Trinajstić information content (AvgIpc) is 2.91. The molecule has 18 heavy (non-hydrogen) atoms. The molecule has 0 fully saturated rings. The molecule has 0 bridgehead atoms. The maximum atomic E-state index is 11.9. The summed E-state index contributed by atoms with van der Waals surface area (Å²) in [6.45, 7) is 0.620. The number of hydrogen-bond donors (Lipinski definition) is 3. The summed E-state index contributed by atoms with van der Waals surface area (Å²) in [4.78, 5) is 11.9. The third kappa shape index (κ3) is 3.09. The summed E-state index contributed by atoms with van der Waals surface area (Å²) >= 11 is 1.66. The zero-order chi connectivity index (χ0) is 12.8. The highest BCUT2D eigenvalue weighted by Crippen LogP contribution is 2.13. The third-order valence-electron chi connectivity index (χ3n) is 2.61. The van der Waals surface area contributed by atoms with Gasteiger partial charge in [0.15, 0.2) is 0 Å². The first-order valence-corrected chi connectivity index (χ1v) is 6.60. The first kappa shape index (κ1) is 12.6. The molecule has 0 aliphatic carbocycles. The molecular formula is C13H15N3OS. The second-order valence-electron chi connectivity index (χ2n) is 3.83. The highest BCUT2D eigenvalue weighted by molar-refractivity contribution is 7.07. The van der Waals surface area contributed by atoms with Gasteiger partial charge in [-0.3, -0.25) is 10.6 Å². The quantitative estimate of drug-likeness (QED) is 0.569. The van der Waals surface area contributed by atoms with Gasteiger partial charge in [0.1, 0.15) is 0 Å². The Morgan fingerprint density at radius 3 is 2.83 bits per heavy atom. The maximum absolute atomic E-state index is 11.9. The average molecular weight is 261 g/mol. The maximum Gasteiger partial charge on any atom is 0.253 e. The molecule has 1 heterocycles. The minimum absolute atomic E-state index is 0.112. The second kappa shape index (κ2) is 6.18. The van der Waals surface area contributed by atoms with Crippen LogP contribution in [-0.4, -0.2) is 12.5 Å². The predicted octanol–water partition coefficient (Wildman–Crippen LogP) is 2.01. The first-order valence-electron chi connectivity index (χ1n) is 5.66. The lowest BCUT2D eigenvalue weighted by atomic mass is 10.1. The second-order valence-corrected chi connectivity index (χ2v) is 4.61. The van der Waals surface area contributed by atoms with Gasteiger partial charge in [-0.15, -0.1) is 0 Å². The number of rotatable bonds is 5. The van der Waals surface area contributed by atoms with Crippen molar-refractivity contribution in [3.8, 4) is 0 Å². The van der Waals surface area contributed by atoms with Crippen LogP contribution in [0.1, 0.15) is 15.9 Å². The van der Waals surface area contributed by atoms with Gasteiger partial charge >= 0.3 is 0 Å². The Morgan fingerprint density at radius 1 is 1.28 bits per heavy atom. The molecule has 0 saturated heterocycles. The van der Waals surface area contributed by atoms with Crippen LogP contribution in [0.25, 0.3) is 0 Å². The Kier molecular flexibility index (Phi) is 4.33. The molecule has 1 amide bonds. The SMILES string of the molecule is NNc1ccccc1C(=O)NCCc1ccsc1. The third-order valence-corrected chi connectivity index (χ3v) is 3.34. The molecule has 1 aromatic carbocycles. The van der Waals surface area contributed by atoms with Gasteiger partial charge in [0.05, 0.1) is 11.3 Å². The van der Waals surface area contributed by atoms with E-state index in [0.717, 1.165) is 6.42 Å². The Hall–Kier alpha value is -1.85. The minimum atomic E-state index is -0.112. The Labute approximate surface area is 110 Å². The van der Waals surface area contributed by atoms with E-state index < -0.39 is 0 Å². The van der Waals surface area contributed by atoms with Crippen molar-refractivity contribution in [2.45, 2.75) is 6.42 Å². The van der Waals surface area contributed by atoms with E-state index >= 15 is 0 Å². The Morgan fingerprint density at radius 2 is 2.11 bits per heavy atom. The lowest BCUT2D eigenvalue weighted by Crippen LogP contribution is -2.27. The number of hydrogen-bond acceptors (Lipinski definition) is 4. The number of carbonyl (C=O) groups is 1.